The summed E-state index contributed by atoms with van der Waals surface area (Å²) >= 11 is 0. The second-order valence-electron chi connectivity index (χ2n) is 12.3. The molecule has 0 spiro atoms. The highest BCUT2D eigenvalue weighted by Crippen LogP contribution is 2.45. The molecule has 1 aliphatic carbocycles. The number of H-pyrrole nitrogens is 1. The number of urea groups is 1. The highest BCUT2D eigenvalue weighted by Gasteiger charge is 2.43. The van der Waals surface area contributed by atoms with E-state index in [-0.39, 0.29) is 23.8 Å². The number of piperidine rings is 1. The normalized spacial score (nSPS) is 19.5. The zero-order valence-corrected chi connectivity index (χ0v) is 26.4. The average molecular weight is 572 g/mol. The number of rotatable bonds is 8. The van der Waals surface area contributed by atoms with Crippen LogP contribution in [0.4, 0.5) is 4.79 Å². The first-order valence-electron chi connectivity index (χ1n) is 15.4. The van der Waals surface area contributed by atoms with E-state index < -0.39 is 0 Å². The number of amides is 3. The van der Waals surface area contributed by atoms with Gasteiger partial charge < -0.3 is 15.2 Å². The summed E-state index contributed by atoms with van der Waals surface area (Å²) in [5.74, 6) is -0.0133. The van der Waals surface area contributed by atoms with Crippen molar-refractivity contribution in [3.63, 3.8) is 0 Å². The van der Waals surface area contributed by atoms with Gasteiger partial charge in [0.2, 0.25) is 5.91 Å². The van der Waals surface area contributed by atoms with Crippen LogP contribution in [-0.2, 0) is 11.2 Å². The number of aryl methyl sites for hydroxylation is 3. The lowest BCUT2D eigenvalue weighted by molar-refractivity contribution is -0.135. The second-order valence-corrected chi connectivity index (χ2v) is 12.3. The summed E-state index contributed by atoms with van der Waals surface area (Å²) < 4.78 is 0. The van der Waals surface area contributed by atoms with Crippen LogP contribution in [0.15, 0.2) is 55.3 Å². The van der Waals surface area contributed by atoms with Gasteiger partial charge in [0, 0.05) is 55.2 Å². The van der Waals surface area contributed by atoms with Gasteiger partial charge in [-0.2, -0.15) is 0 Å². The summed E-state index contributed by atoms with van der Waals surface area (Å²) in [4.78, 5) is 35.9. The lowest BCUT2D eigenvalue weighted by Gasteiger charge is -2.47. The molecule has 5 rings (SSSR count). The van der Waals surface area contributed by atoms with E-state index in [1.807, 2.05) is 27.1 Å². The minimum atomic E-state index is -0.280. The van der Waals surface area contributed by atoms with Crippen LogP contribution in [0.25, 0.3) is 10.9 Å². The Bertz CT molecular complexity index is 1340. The standard InChI is InChI=1S/C26H37N5O2.C9H12/c1-5-11-30-17-19(25(32)31(26(33)27-6-2)13-8-12-29(3)4)14-21-20-9-7-10-22-24(20)18(16-28-22)15-23(21)30;1-7-4-8(2)6-9(3)5-7/h5,7,9-10,16,19,21,23,28H,1,6,8,11-15,17H2,2-4H3,(H,27,33);4-6H,1-3H3/t19-,21-,23-;/m1./s1. The molecule has 0 radical (unpaired) electrons. The number of nitrogens with one attached hydrogen (secondary N) is 2. The van der Waals surface area contributed by atoms with E-state index in [0.29, 0.717) is 25.7 Å². The largest absolute Gasteiger partial charge is 0.361 e. The first-order chi connectivity index (χ1) is 20.1. The Labute approximate surface area is 252 Å². The maximum Gasteiger partial charge on any atom is 0.324 e. The van der Waals surface area contributed by atoms with Gasteiger partial charge in [0.15, 0.2) is 0 Å². The number of benzene rings is 2. The first-order valence-corrected chi connectivity index (χ1v) is 15.4. The summed E-state index contributed by atoms with van der Waals surface area (Å²) in [5, 5.41) is 4.16. The molecule has 1 saturated heterocycles. The van der Waals surface area contributed by atoms with Crippen LogP contribution in [0.2, 0.25) is 0 Å². The Morgan fingerprint density at radius 1 is 1.10 bits per heavy atom. The topological polar surface area (TPSA) is 71.7 Å². The predicted molar refractivity (Wildman–Crippen MR) is 173 cm³/mol. The van der Waals surface area contributed by atoms with Crippen molar-refractivity contribution in [2.45, 2.75) is 58.9 Å². The Kier molecular flexibility index (Phi) is 10.6. The van der Waals surface area contributed by atoms with E-state index >= 15 is 0 Å². The SMILES string of the molecule is C=CCN1C[C@H](C(=O)N(CCCN(C)C)C(=O)NCC)C[C@@H]2c3cccc4[nH]cc(c34)C[C@H]21.Cc1cc(C)cc(C)c1. The Morgan fingerprint density at radius 2 is 1.79 bits per heavy atom. The van der Waals surface area contributed by atoms with Crippen LogP contribution < -0.4 is 5.32 Å². The van der Waals surface area contributed by atoms with Gasteiger partial charge in [0.1, 0.15) is 0 Å². The number of nitrogens with zero attached hydrogens (tertiary/aromatic N) is 3. The molecule has 1 aliphatic heterocycles. The highest BCUT2D eigenvalue weighted by molar-refractivity contribution is 5.96. The summed E-state index contributed by atoms with van der Waals surface area (Å²) in [6.45, 7) is 15.4. The second kappa shape index (κ2) is 14.2. The molecule has 2 N–H and O–H groups in total. The van der Waals surface area contributed by atoms with Gasteiger partial charge in [0.05, 0.1) is 5.92 Å². The zero-order valence-electron chi connectivity index (χ0n) is 26.4. The van der Waals surface area contributed by atoms with Crippen molar-refractivity contribution in [2.24, 2.45) is 5.92 Å². The van der Waals surface area contributed by atoms with Crippen molar-refractivity contribution in [1.29, 1.82) is 0 Å². The Hall–Kier alpha value is -3.42. The monoisotopic (exact) mass is 571 g/mol. The molecule has 226 valence electrons. The van der Waals surface area contributed by atoms with Crippen LogP contribution in [0.5, 0.6) is 0 Å². The molecule has 7 heteroatoms. The fourth-order valence-corrected chi connectivity index (χ4v) is 6.88. The molecular weight excluding hydrogens is 522 g/mol. The zero-order chi connectivity index (χ0) is 30.4. The average Bonchev–Trinajstić information content (AvgIpc) is 3.35. The molecule has 0 unspecified atom stereocenters. The van der Waals surface area contributed by atoms with E-state index in [1.54, 1.807) is 0 Å². The third-order valence-corrected chi connectivity index (χ3v) is 8.48. The van der Waals surface area contributed by atoms with Crippen molar-refractivity contribution in [3.8, 4) is 0 Å². The first kappa shape index (κ1) is 31.5. The molecule has 0 saturated carbocycles. The van der Waals surface area contributed by atoms with Crippen molar-refractivity contribution >= 4 is 22.8 Å². The number of hydrogen-bond donors (Lipinski definition) is 2. The van der Waals surface area contributed by atoms with Crippen LogP contribution >= 0.6 is 0 Å². The maximum absolute atomic E-state index is 13.7. The van der Waals surface area contributed by atoms with Gasteiger partial charge in [-0.15, -0.1) is 6.58 Å². The molecular formula is C35H49N5O2. The third-order valence-electron chi connectivity index (χ3n) is 8.48. The molecule has 3 aromatic rings. The number of hydrogen-bond acceptors (Lipinski definition) is 4. The number of aromatic nitrogens is 1. The molecule has 0 bridgehead atoms. The smallest absolute Gasteiger partial charge is 0.324 e. The van der Waals surface area contributed by atoms with E-state index in [0.717, 1.165) is 37.9 Å². The van der Waals surface area contributed by atoms with Gasteiger partial charge in [-0.05, 0) is 84.8 Å². The fourth-order valence-electron chi connectivity index (χ4n) is 6.88. The van der Waals surface area contributed by atoms with Crippen LogP contribution in [-0.4, -0.2) is 84.5 Å². The molecule has 2 heterocycles. The van der Waals surface area contributed by atoms with E-state index in [4.69, 9.17) is 0 Å². The van der Waals surface area contributed by atoms with Gasteiger partial charge >= 0.3 is 6.03 Å². The van der Waals surface area contributed by atoms with Crippen LogP contribution in [0.3, 0.4) is 0 Å². The minimum absolute atomic E-state index is 0.0562. The molecule has 42 heavy (non-hydrogen) atoms. The summed E-state index contributed by atoms with van der Waals surface area (Å²) in [7, 11) is 4.01. The highest BCUT2D eigenvalue weighted by atomic mass is 16.2. The number of likely N-dealkylation sites (tertiary alicyclic amines) is 1. The number of carbonyl (C=O) groups excluding carboxylic acids is 2. The molecule has 2 aromatic carbocycles. The Morgan fingerprint density at radius 3 is 2.40 bits per heavy atom. The van der Waals surface area contributed by atoms with Crippen molar-refractivity contribution in [1.82, 2.24) is 25.0 Å². The number of carbonyl (C=O) groups is 2. The number of aromatic amines is 1. The molecule has 1 aromatic heterocycles. The van der Waals surface area contributed by atoms with Gasteiger partial charge in [-0.25, -0.2) is 4.79 Å². The lowest BCUT2D eigenvalue weighted by Crippen LogP contribution is -2.55. The van der Waals surface area contributed by atoms with Gasteiger partial charge in [-0.3, -0.25) is 14.6 Å². The quantitative estimate of drug-likeness (QED) is 0.335. The van der Waals surface area contributed by atoms with E-state index in [9.17, 15) is 9.59 Å². The third kappa shape index (κ3) is 7.31. The molecule has 7 nitrogen and oxygen atoms in total. The molecule has 3 amide bonds. The maximum atomic E-state index is 13.7. The van der Waals surface area contributed by atoms with Crippen molar-refractivity contribution in [3.05, 3.63) is 83.1 Å². The van der Waals surface area contributed by atoms with E-state index in [2.05, 4.69) is 90.0 Å². The Balaban J connectivity index is 0.000000385. The predicted octanol–water partition coefficient (Wildman–Crippen LogP) is 5.81. The molecule has 2 aliphatic rings. The summed E-state index contributed by atoms with van der Waals surface area (Å²) in [6.07, 6.45) is 6.56. The summed E-state index contributed by atoms with van der Waals surface area (Å²) in [5.41, 5.74) is 7.90. The fraction of sp³-hybridized carbons (Fsp3) is 0.486. The van der Waals surface area contributed by atoms with Gasteiger partial charge in [0.25, 0.3) is 0 Å². The molecule has 1 fully saturated rings. The summed E-state index contributed by atoms with van der Waals surface area (Å²) in [6, 6.07) is 13.1. The number of imide groups is 1. The van der Waals surface area contributed by atoms with Crippen molar-refractivity contribution < 1.29 is 9.59 Å². The number of fused-ring (bicyclic) bond motifs is 2. The minimum Gasteiger partial charge on any atom is -0.361 e. The van der Waals surface area contributed by atoms with Crippen LogP contribution in [0.1, 0.15) is 53.5 Å². The van der Waals surface area contributed by atoms with Crippen molar-refractivity contribution in [2.75, 3.05) is 46.8 Å². The molecule has 3 atom stereocenters. The van der Waals surface area contributed by atoms with Gasteiger partial charge in [-0.1, -0.05) is 53.1 Å². The van der Waals surface area contributed by atoms with E-state index in [1.165, 1.54) is 38.1 Å². The lowest BCUT2D eigenvalue weighted by atomic mass is 9.72. The van der Waals surface area contributed by atoms with Crippen LogP contribution in [0, 0.1) is 26.7 Å².